The van der Waals surface area contributed by atoms with Gasteiger partial charge in [0.2, 0.25) is 5.91 Å². The van der Waals surface area contributed by atoms with E-state index in [1.807, 2.05) is 0 Å². The number of nitrogens with one attached hydrogen (secondary N) is 1. The quantitative estimate of drug-likeness (QED) is 0.885. The molecule has 0 spiro atoms. The second-order valence-corrected chi connectivity index (χ2v) is 8.07. The molecule has 2 unspecified atom stereocenters. The van der Waals surface area contributed by atoms with Crippen molar-refractivity contribution in [2.75, 3.05) is 52.4 Å². The Morgan fingerprint density at radius 2 is 1.81 bits per heavy atom. The van der Waals surface area contributed by atoms with Crippen LogP contribution in [0.3, 0.4) is 0 Å². The van der Waals surface area contributed by atoms with E-state index in [1.54, 1.807) is 0 Å². The van der Waals surface area contributed by atoms with Crippen molar-refractivity contribution in [1.29, 1.82) is 0 Å². The van der Waals surface area contributed by atoms with Gasteiger partial charge in [0.15, 0.2) is 0 Å². The summed E-state index contributed by atoms with van der Waals surface area (Å²) in [5.41, 5.74) is 1.35. The van der Waals surface area contributed by atoms with Crippen molar-refractivity contribution in [2.45, 2.75) is 31.8 Å². The van der Waals surface area contributed by atoms with Crippen molar-refractivity contribution >= 4 is 5.91 Å². The van der Waals surface area contributed by atoms with Crippen LogP contribution in [0.4, 0.5) is 0 Å². The molecule has 1 N–H and O–H groups in total. The smallest absolute Gasteiger partial charge is 0.227 e. The largest absolute Gasteiger partial charge is 0.341 e. The number of carbonyl (C=O) groups excluding carboxylic acids is 1. The van der Waals surface area contributed by atoms with Crippen molar-refractivity contribution in [2.24, 2.45) is 5.92 Å². The zero-order valence-corrected chi connectivity index (χ0v) is 15.8. The summed E-state index contributed by atoms with van der Waals surface area (Å²) in [6, 6.07) is 11.2. The van der Waals surface area contributed by atoms with Gasteiger partial charge in [0.1, 0.15) is 0 Å². The second-order valence-electron chi connectivity index (χ2n) is 8.07. The summed E-state index contributed by atoms with van der Waals surface area (Å²) in [6.07, 6.45) is 3.34. The molecule has 0 aromatic heterocycles. The molecule has 0 aliphatic carbocycles. The molecule has 0 radical (unpaired) electrons. The van der Waals surface area contributed by atoms with E-state index < -0.39 is 0 Å². The van der Waals surface area contributed by atoms with Crippen LogP contribution < -0.4 is 5.32 Å². The van der Waals surface area contributed by atoms with Crippen LogP contribution in [-0.4, -0.2) is 79.0 Å². The molecule has 3 saturated heterocycles. The van der Waals surface area contributed by atoms with Gasteiger partial charge in [-0.3, -0.25) is 14.6 Å². The van der Waals surface area contributed by atoms with Crippen LogP contribution in [0.25, 0.3) is 0 Å². The van der Waals surface area contributed by atoms with Crippen LogP contribution in [0, 0.1) is 5.92 Å². The topological polar surface area (TPSA) is 38.8 Å². The molecule has 5 nitrogen and oxygen atoms in total. The second kappa shape index (κ2) is 8.51. The van der Waals surface area contributed by atoms with Crippen LogP contribution in [0.5, 0.6) is 0 Å². The van der Waals surface area contributed by atoms with Crippen LogP contribution in [-0.2, 0) is 11.3 Å². The Hall–Kier alpha value is -1.43. The van der Waals surface area contributed by atoms with Gasteiger partial charge in [-0.2, -0.15) is 0 Å². The van der Waals surface area contributed by atoms with Crippen molar-refractivity contribution in [1.82, 2.24) is 20.0 Å². The van der Waals surface area contributed by atoms with Crippen molar-refractivity contribution in [3.05, 3.63) is 35.9 Å². The fourth-order valence-corrected chi connectivity index (χ4v) is 4.79. The van der Waals surface area contributed by atoms with Gasteiger partial charge < -0.3 is 10.2 Å². The first-order chi connectivity index (χ1) is 12.8. The van der Waals surface area contributed by atoms with Gasteiger partial charge >= 0.3 is 0 Å². The molecule has 3 aliphatic heterocycles. The Labute approximate surface area is 157 Å². The van der Waals surface area contributed by atoms with Gasteiger partial charge in [0.05, 0.1) is 5.92 Å². The third kappa shape index (κ3) is 4.27. The molecule has 26 heavy (non-hydrogen) atoms. The van der Waals surface area contributed by atoms with Crippen LogP contribution >= 0.6 is 0 Å². The highest BCUT2D eigenvalue weighted by Crippen LogP contribution is 2.24. The number of benzene rings is 1. The SMILES string of the molecule is O=C(C1CCCN(Cc2ccccc2)C1)N1CCC(N2CCNCC2)C1. The third-order valence-corrected chi connectivity index (χ3v) is 6.25. The standard InChI is InChI=1S/C21H32N4O/c26-21(25-12-8-20(17-25)24-13-9-22-10-14-24)19-7-4-11-23(16-19)15-18-5-2-1-3-6-18/h1-3,5-6,19-20,22H,4,7-17H2. The van der Waals surface area contributed by atoms with E-state index in [0.29, 0.717) is 11.9 Å². The first-order valence-corrected chi connectivity index (χ1v) is 10.3. The Bertz CT molecular complexity index is 587. The number of amides is 1. The number of hydrogen-bond acceptors (Lipinski definition) is 4. The zero-order chi connectivity index (χ0) is 17.8. The van der Waals surface area contributed by atoms with E-state index in [-0.39, 0.29) is 5.92 Å². The molecule has 1 amide bonds. The minimum absolute atomic E-state index is 0.189. The predicted molar refractivity (Wildman–Crippen MR) is 104 cm³/mol. The molecule has 1 aromatic carbocycles. The van der Waals surface area contributed by atoms with Crippen LogP contribution in [0.2, 0.25) is 0 Å². The number of piperazine rings is 1. The molecule has 2 atom stereocenters. The summed E-state index contributed by atoms with van der Waals surface area (Å²) in [5.74, 6) is 0.592. The van der Waals surface area contributed by atoms with E-state index in [0.717, 1.165) is 78.2 Å². The molecule has 3 fully saturated rings. The van der Waals surface area contributed by atoms with Crippen LogP contribution in [0.15, 0.2) is 30.3 Å². The highest BCUT2D eigenvalue weighted by atomic mass is 16.2. The molecule has 1 aromatic rings. The van der Waals surface area contributed by atoms with Gasteiger partial charge in [0, 0.05) is 58.4 Å². The summed E-state index contributed by atoms with van der Waals surface area (Å²) in [4.78, 5) is 20.3. The molecule has 3 aliphatic rings. The molecule has 4 rings (SSSR count). The highest BCUT2D eigenvalue weighted by molar-refractivity contribution is 5.79. The first-order valence-electron chi connectivity index (χ1n) is 10.3. The minimum Gasteiger partial charge on any atom is -0.341 e. The Kier molecular flexibility index (Phi) is 5.88. The average molecular weight is 357 g/mol. The Morgan fingerprint density at radius 1 is 1.00 bits per heavy atom. The van der Waals surface area contributed by atoms with Crippen molar-refractivity contribution in [3.63, 3.8) is 0 Å². The molecular weight excluding hydrogens is 324 g/mol. The number of rotatable bonds is 4. The monoisotopic (exact) mass is 356 g/mol. The molecule has 142 valence electrons. The van der Waals surface area contributed by atoms with Gasteiger partial charge in [-0.25, -0.2) is 0 Å². The van der Waals surface area contributed by atoms with Gasteiger partial charge in [-0.15, -0.1) is 0 Å². The molecule has 0 saturated carbocycles. The van der Waals surface area contributed by atoms with E-state index in [2.05, 4.69) is 50.3 Å². The van der Waals surface area contributed by atoms with Gasteiger partial charge in [-0.1, -0.05) is 30.3 Å². The van der Waals surface area contributed by atoms with E-state index in [1.165, 1.54) is 5.56 Å². The summed E-state index contributed by atoms with van der Waals surface area (Å²) in [7, 11) is 0. The number of nitrogens with zero attached hydrogens (tertiary/aromatic N) is 3. The van der Waals surface area contributed by atoms with Crippen molar-refractivity contribution in [3.8, 4) is 0 Å². The zero-order valence-electron chi connectivity index (χ0n) is 15.8. The lowest BCUT2D eigenvalue weighted by Gasteiger charge is -2.35. The maximum Gasteiger partial charge on any atom is 0.227 e. The summed E-state index contributed by atoms with van der Waals surface area (Å²) in [6.45, 7) is 9.31. The summed E-state index contributed by atoms with van der Waals surface area (Å²) >= 11 is 0. The van der Waals surface area contributed by atoms with Crippen LogP contribution in [0.1, 0.15) is 24.8 Å². The summed E-state index contributed by atoms with van der Waals surface area (Å²) < 4.78 is 0. The van der Waals surface area contributed by atoms with Gasteiger partial charge in [-0.05, 0) is 31.4 Å². The Balaban J connectivity index is 1.30. The maximum atomic E-state index is 13.1. The number of hydrogen-bond donors (Lipinski definition) is 1. The van der Waals surface area contributed by atoms with Gasteiger partial charge in [0.25, 0.3) is 0 Å². The number of carbonyl (C=O) groups is 1. The lowest BCUT2D eigenvalue weighted by Crippen LogP contribution is -2.50. The highest BCUT2D eigenvalue weighted by Gasteiger charge is 2.35. The minimum atomic E-state index is 0.189. The molecule has 3 heterocycles. The lowest BCUT2D eigenvalue weighted by molar-refractivity contribution is -0.136. The average Bonchev–Trinajstić information content (AvgIpc) is 3.19. The normalized spacial score (nSPS) is 28.4. The fraction of sp³-hybridized carbons (Fsp3) is 0.667. The van der Waals surface area contributed by atoms with E-state index in [9.17, 15) is 4.79 Å². The number of likely N-dealkylation sites (tertiary alicyclic amines) is 2. The van der Waals surface area contributed by atoms with E-state index >= 15 is 0 Å². The molecule has 5 heteroatoms. The first kappa shape index (κ1) is 18.0. The maximum absolute atomic E-state index is 13.1. The molecule has 0 bridgehead atoms. The van der Waals surface area contributed by atoms with E-state index in [4.69, 9.17) is 0 Å². The predicted octanol–water partition coefficient (Wildman–Crippen LogP) is 1.40. The Morgan fingerprint density at radius 3 is 2.62 bits per heavy atom. The lowest BCUT2D eigenvalue weighted by atomic mass is 9.96. The summed E-state index contributed by atoms with van der Waals surface area (Å²) in [5, 5.41) is 3.42. The molecular formula is C21H32N4O. The van der Waals surface area contributed by atoms with Crippen molar-refractivity contribution < 1.29 is 4.79 Å². The third-order valence-electron chi connectivity index (χ3n) is 6.25. The fourth-order valence-electron chi connectivity index (χ4n) is 4.79. The number of piperidine rings is 1.